The van der Waals surface area contributed by atoms with Crippen LogP contribution in [0.2, 0.25) is 0 Å². The van der Waals surface area contributed by atoms with Gasteiger partial charge in [0.15, 0.2) is 11.5 Å². The average molecular weight is 366 g/mol. The molecular weight excluding hydrogens is 340 g/mol. The van der Waals surface area contributed by atoms with Gasteiger partial charge in [-0.05, 0) is 68.1 Å². The second-order valence-corrected chi connectivity index (χ2v) is 7.19. The lowest BCUT2D eigenvalue weighted by Gasteiger charge is -2.28. The molecule has 1 unspecified atom stereocenters. The third kappa shape index (κ3) is 4.02. The molecule has 0 radical (unpaired) electrons. The first kappa shape index (κ1) is 17.7. The van der Waals surface area contributed by atoms with E-state index in [0.29, 0.717) is 18.8 Å². The second-order valence-electron chi connectivity index (χ2n) is 7.19. The van der Waals surface area contributed by atoms with Crippen molar-refractivity contribution in [2.75, 3.05) is 31.2 Å². The van der Waals surface area contributed by atoms with Gasteiger partial charge in [0.2, 0.25) is 0 Å². The standard InChI is InChI=1S/C22H26N2O3/c1-16(18-7-10-20-21(15-18)27-14-13-26-20)23-22(25)17-5-8-19(9-6-17)24-11-3-2-4-12-24/h5-10,15-16H,2-4,11-14H2,1H3,(H,23,25). The number of piperidine rings is 1. The molecule has 27 heavy (non-hydrogen) atoms. The Hall–Kier alpha value is -2.69. The van der Waals surface area contributed by atoms with Gasteiger partial charge in [-0.1, -0.05) is 6.07 Å². The molecule has 4 rings (SSSR count). The molecule has 1 N–H and O–H groups in total. The van der Waals surface area contributed by atoms with Crippen molar-refractivity contribution in [1.82, 2.24) is 5.32 Å². The van der Waals surface area contributed by atoms with E-state index in [0.717, 1.165) is 30.2 Å². The number of hydrogen-bond acceptors (Lipinski definition) is 4. The Labute approximate surface area is 160 Å². The van der Waals surface area contributed by atoms with E-state index in [9.17, 15) is 4.79 Å². The summed E-state index contributed by atoms with van der Waals surface area (Å²) in [7, 11) is 0. The fourth-order valence-corrected chi connectivity index (χ4v) is 3.67. The summed E-state index contributed by atoms with van der Waals surface area (Å²) < 4.78 is 11.2. The van der Waals surface area contributed by atoms with Crippen LogP contribution < -0.4 is 19.7 Å². The lowest BCUT2D eigenvalue weighted by molar-refractivity contribution is 0.0939. The van der Waals surface area contributed by atoms with E-state index in [4.69, 9.17) is 9.47 Å². The van der Waals surface area contributed by atoms with Crippen LogP contribution in [-0.2, 0) is 0 Å². The fourth-order valence-electron chi connectivity index (χ4n) is 3.67. The molecule has 0 bridgehead atoms. The van der Waals surface area contributed by atoms with Crippen molar-refractivity contribution in [2.24, 2.45) is 0 Å². The number of carbonyl (C=O) groups excluding carboxylic acids is 1. The normalized spacial score (nSPS) is 17.3. The minimum Gasteiger partial charge on any atom is -0.486 e. The maximum absolute atomic E-state index is 12.6. The Bertz CT molecular complexity index is 798. The van der Waals surface area contributed by atoms with Crippen LogP contribution in [0.1, 0.15) is 48.1 Å². The van der Waals surface area contributed by atoms with Crippen molar-refractivity contribution < 1.29 is 14.3 Å². The molecule has 0 aliphatic carbocycles. The van der Waals surface area contributed by atoms with Crippen molar-refractivity contribution >= 4 is 11.6 Å². The zero-order valence-corrected chi connectivity index (χ0v) is 15.7. The molecule has 5 nitrogen and oxygen atoms in total. The SMILES string of the molecule is CC(NC(=O)c1ccc(N2CCCCC2)cc1)c1ccc2c(c1)OCCO2. The van der Waals surface area contributed by atoms with Crippen LogP contribution >= 0.6 is 0 Å². The Morgan fingerprint density at radius 3 is 2.41 bits per heavy atom. The molecule has 142 valence electrons. The first-order valence-electron chi connectivity index (χ1n) is 9.76. The summed E-state index contributed by atoms with van der Waals surface area (Å²) in [6, 6.07) is 13.6. The molecule has 1 amide bonds. The van der Waals surface area contributed by atoms with Gasteiger partial charge in [-0.3, -0.25) is 4.79 Å². The van der Waals surface area contributed by atoms with Crippen molar-refractivity contribution in [3.05, 3.63) is 53.6 Å². The van der Waals surface area contributed by atoms with Crippen molar-refractivity contribution in [2.45, 2.75) is 32.2 Å². The minimum atomic E-state index is -0.116. The van der Waals surface area contributed by atoms with Gasteiger partial charge in [0, 0.05) is 24.3 Å². The van der Waals surface area contributed by atoms with E-state index < -0.39 is 0 Å². The van der Waals surface area contributed by atoms with Crippen LogP contribution in [0.4, 0.5) is 5.69 Å². The topological polar surface area (TPSA) is 50.8 Å². The highest BCUT2D eigenvalue weighted by molar-refractivity contribution is 5.94. The molecule has 5 heteroatoms. The van der Waals surface area contributed by atoms with Crippen LogP contribution in [0.15, 0.2) is 42.5 Å². The highest BCUT2D eigenvalue weighted by atomic mass is 16.6. The predicted octanol–water partition coefficient (Wildman–Crippen LogP) is 3.94. The fraction of sp³-hybridized carbons (Fsp3) is 0.409. The maximum atomic E-state index is 12.6. The molecule has 1 atom stereocenters. The zero-order valence-electron chi connectivity index (χ0n) is 15.7. The number of ether oxygens (including phenoxy) is 2. The number of carbonyl (C=O) groups is 1. The number of benzene rings is 2. The quantitative estimate of drug-likeness (QED) is 0.890. The number of rotatable bonds is 4. The summed E-state index contributed by atoms with van der Waals surface area (Å²) in [4.78, 5) is 15.0. The lowest BCUT2D eigenvalue weighted by Crippen LogP contribution is -2.29. The van der Waals surface area contributed by atoms with Gasteiger partial charge in [-0.25, -0.2) is 0 Å². The largest absolute Gasteiger partial charge is 0.486 e. The van der Waals surface area contributed by atoms with Crippen LogP contribution in [0.5, 0.6) is 11.5 Å². The zero-order chi connectivity index (χ0) is 18.6. The molecule has 0 aromatic heterocycles. The number of hydrogen-bond donors (Lipinski definition) is 1. The summed E-state index contributed by atoms with van der Waals surface area (Å²) in [5.41, 5.74) is 2.88. The van der Waals surface area contributed by atoms with Gasteiger partial charge in [0.05, 0.1) is 6.04 Å². The molecule has 2 aromatic rings. The Balaban J connectivity index is 1.40. The van der Waals surface area contributed by atoms with Crippen molar-refractivity contribution in [3.8, 4) is 11.5 Å². The Kier molecular flexibility index (Phi) is 5.19. The van der Waals surface area contributed by atoms with Gasteiger partial charge in [-0.15, -0.1) is 0 Å². The van der Waals surface area contributed by atoms with Crippen LogP contribution in [0, 0.1) is 0 Å². The van der Waals surface area contributed by atoms with Crippen LogP contribution in [-0.4, -0.2) is 32.2 Å². The molecule has 0 saturated carbocycles. The van der Waals surface area contributed by atoms with E-state index in [1.807, 2.05) is 37.3 Å². The molecule has 2 aliphatic heterocycles. The summed E-state index contributed by atoms with van der Waals surface area (Å²) in [5, 5.41) is 3.07. The lowest BCUT2D eigenvalue weighted by atomic mass is 10.1. The Morgan fingerprint density at radius 1 is 0.963 bits per heavy atom. The smallest absolute Gasteiger partial charge is 0.251 e. The summed E-state index contributed by atoms with van der Waals surface area (Å²) >= 11 is 0. The van der Waals surface area contributed by atoms with E-state index in [1.165, 1.54) is 24.9 Å². The number of anilines is 1. The minimum absolute atomic E-state index is 0.0671. The third-order valence-electron chi connectivity index (χ3n) is 5.26. The van der Waals surface area contributed by atoms with Gasteiger partial charge >= 0.3 is 0 Å². The molecule has 1 saturated heterocycles. The number of nitrogens with zero attached hydrogens (tertiary/aromatic N) is 1. The van der Waals surface area contributed by atoms with Gasteiger partial charge < -0.3 is 19.7 Å². The van der Waals surface area contributed by atoms with Crippen LogP contribution in [0.25, 0.3) is 0 Å². The van der Waals surface area contributed by atoms with Crippen molar-refractivity contribution in [3.63, 3.8) is 0 Å². The molecule has 0 spiro atoms. The predicted molar refractivity (Wildman–Crippen MR) is 106 cm³/mol. The Morgan fingerprint density at radius 2 is 1.67 bits per heavy atom. The molecule has 2 aliphatic rings. The number of amides is 1. The first-order chi connectivity index (χ1) is 13.2. The summed E-state index contributed by atoms with van der Waals surface area (Å²) in [5.74, 6) is 1.44. The van der Waals surface area contributed by atoms with Gasteiger partial charge in [0.25, 0.3) is 5.91 Å². The molecule has 1 fully saturated rings. The number of nitrogens with one attached hydrogen (secondary N) is 1. The summed E-state index contributed by atoms with van der Waals surface area (Å²) in [6.45, 7) is 5.32. The number of fused-ring (bicyclic) bond motifs is 1. The molecular formula is C22H26N2O3. The summed E-state index contributed by atoms with van der Waals surface area (Å²) in [6.07, 6.45) is 3.80. The van der Waals surface area contributed by atoms with E-state index in [1.54, 1.807) is 0 Å². The second kappa shape index (κ2) is 7.91. The molecule has 2 heterocycles. The van der Waals surface area contributed by atoms with Gasteiger partial charge in [-0.2, -0.15) is 0 Å². The van der Waals surface area contributed by atoms with Crippen LogP contribution in [0.3, 0.4) is 0 Å². The average Bonchev–Trinajstić information content (AvgIpc) is 2.74. The first-order valence-corrected chi connectivity index (χ1v) is 9.76. The van der Waals surface area contributed by atoms with E-state index in [-0.39, 0.29) is 11.9 Å². The highest BCUT2D eigenvalue weighted by Crippen LogP contribution is 2.32. The molecule has 2 aromatic carbocycles. The van der Waals surface area contributed by atoms with E-state index in [2.05, 4.69) is 22.3 Å². The maximum Gasteiger partial charge on any atom is 0.251 e. The van der Waals surface area contributed by atoms with Gasteiger partial charge in [0.1, 0.15) is 13.2 Å². The monoisotopic (exact) mass is 366 g/mol. The van der Waals surface area contributed by atoms with E-state index >= 15 is 0 Å². The highest BCUT2D eigenvalue weighted by Gasteiger charge is 2.17. The third-order valence-corrected chi connectivity index (χ3v) is 5.26. The van der Waals surface area contributed by atoms with Crippen molar-refractivity contribution in [1.29, 1.82) is 0 Å².